The Kier molecular flexibility index (Phi) is 4.34. The zero-order chi connectivity index (χ0) is 14.8. The van der Waals surface area contributed by atoms with Crippen LogP contribution in [0.1, 0.15) is 19.3 Å². The number of rotatable bonds is 3. The van der Waals surface area contributed by atoms with E-state index in [1.807, 2.05) is 0 Å². The molecule has 0 saturated carbocycles. The maximum atomic E-state index is 13.1. The first-order valence-electron chi connectivity index (χ1n) is 6.17. The first-order valence-corrected chi connectivity index (χ1v) is 7.61. The average molecular weight is 302 g/mol. The van der Waals surface area contributed by atoms with Gasteiger partial charge in [0.2, 0.25) is 10.0 Å². The molecule has 0 aliphatic carbocycles. The van der Waals surface area contributed by atoms with Crippen molar-refractivity contribution in [1.29, 1.82) is 0 Å². The summed E-state index contributed by atoms with van der Waals surface area (Å²) >= 11 is 0. The number of methoxy groups -OCH3 is 1. The number of carbonyl (C=O) groups excluding carboxylic acids is 1. The highest BCUT2D eigenvalue weighted by Crippen LogP contribution is 2.25. The zero-order valence-electron chi connectivity index (χ0n) is 11.0. The first-order chi connectivity index (χ1) is 9.46. The Labute approximate surface area is 116 Å². The lowest BCUT2D eigenvalue weighted by molar-refractivity contribution is -0.146. The van der Waals surface area contributed by atoms with Crippen LogP contribution >= 0.6 is 0 Å². The van der Waals surface area contributed by atoms with Crippen LogP contribution in [-0.2, 0) is 19.6 Å². The van der Waals surface area contributed by atoms with Gasteiger partial charge in [0.05, 0.1) is 13.3 Å². The minimum Gasteiger partial charge on any atom is -0.468 e. The van der Waals surface area contributed by atoms with Gasteiger partial charge in [-0.15, -0.1) is 0 Å². The van der Waals surface area contributed by atoms with Gasteiger partial charge in [-0.3, -0.25) is 9.78 Å². The van der Waals surface area contributed by atoms with E-state index in [1.54, 1.807) is 0 Å². The van der Waals surface area contributed by atoms with Gasteiger partial charge in [0.15, 0.2) is 0 Å². The van der Waals surface area contributed by atoms with Crippen LogP contribution in [0.4, 0.5) is 4.39 Å². The summed E-state index contributed by atoms with van der Waals surface area (Å²) in [5.74, 6) is -1.34. The molecule has 0 spiro atoms. The standard InChI is InChI=1S/C12H15FN2O4S/c1-19-12(16)11-4-2-3-5-15(11)20(17,18)10-6-9(13)7-14-8-10/h6-8,11H,2-5H2,1H3/t11-/m1/s1. The highest BCUT2D eigenvalue weighted by atomic mass is 32.2. The summed E-state index contributed by atoms with van der Waals surface area (Å²) in [6.45, 7) is 0.207. The van der Waals surface area contributed by atoms with E-state index in [2.05, 4.69) is 9.72 Å². The van der Waals surface area contributed by atoms with Crippen molar-refractivity contribution in [2.24, 2.45) is 0 Å². The first kappa shape index (κ1) is 14.9. The van der Waals surface area contributed by atoms with Crippen LogP contribution in [-0.4, -0.2) is 43.4 Å². The summed E-state index contributed by atoms with van der Waals surface area (Å²) in [6, 6.07) is 0.0349. The smallest absolute Gasteiger partial charge is 0.324 e. The third kappa shape index (κ3) is 2.80. The molecule has 0 aromatic carbocycles. The van der Waals surface area contributed by atoms with E-state index < -0.39 is 27.9 Å². The fourth-order valence-electron chi connectivity index (χ4n) is 2.23. The molecule has 0 unspecified atom stereocenters. The Morgan fingerprint density at radius 1 is 1.45 bits per heavy atom. The topological polar surface area (TPSA) is 76.6 Å². The lowest BCUT2D eigenvalue weighted by Crippen LogP contribution is -2.48. The molecule has 1 fully saturated rings. The molecule has 1 aromatic heterocycles. The molecule has 0 amide bonds. The maximum absolute atomic E-state index is 13.1. The lowest BCUT2D eigenvalue weighted by atomic mass is 10.1. The number of ether oxygens (including phenoxy) is 1. The zero-order valence-corrected chi connectivity index (χ0v) is 11.8. The van der Waals surface area contributed by atoms with Gasteiger partial charge >= 0.3 is 5.97 Å². The normalized spacial score (nSPS) is 20.6. The van der Waals surface area contributed by atoms with Crippen molar-refractivity contribution in [3.8, 4) is 0 Å². The fourth-order valence-corrected chi connectivity index (χ4v) is 3.86. The molecule has 1 aliphatic heterocycles. The van der Waals surface area contributed by atoms with Gasteiger partial charge in [0, 0.05) is 12.7 Å². The molecule has 0 N–H and O–H groups in total. The number of sulfonamides is 1. The molecule has 2 rings (SSSR count). The van der Waals surface area contributed by atoms with Crippen molar-refractivity contribution in [3.63, 3.8) is 0 Å². The summed E-state index contributed by atoms with van der Waals surface area (Å²) in [4.78, 5) is 15.0. The molecular weight excluding hydrogens is 287 g/mol. The molecule has 8 heteroatoms. The molecule has 1 saturated heterocycles. The van der Waals surface area contributed by atoms with Crippen molar-refractivity contribution >= 4 is 16.0 Å². The minimum absolute atomic E-state index is 0.207. The van der Waals surface area contributed by atoms with E-state index in [4.69, 9.17) is 0 Å². The predicted molar refractivity (Wildman–Crippen MR) is 67.7 cm³/mol. The molecule has 1 aromatic rings. The summed E-state index contributed by atoms with van der Waals surface area (Å²) < 4.78 is 43.8. The van der Waals surface area contributed by atoms with Gasteiger partial charge in [-0.2, -0.15) is 4.31 Å². The van der Waals surface area contributed by atoms with Crippen LogP contribution in [0, 0.1) is 5.82 Å². The van der Waals surface area contributed by atoms with Crippen LogP contribution in [0.15, 0.2) is 23.4 Å². The van der Waals surface area contributed by atoms with E-state index in [9.17, 15) is 17.6 Å². The molecule has 6 nitrogen and oxygen atoms in total. The van der Waals surface area contributed by atoms with Gasteiger partial charge in [0.1, 0.15) is 16.8 Å². The minimum atomic E-state index is -3.96. The van der Waals surface area contributed by atoms with Gasteiger partial charge < -0.3 is 4.74 Å². The number of esters is 1. The van der Waals surface area contributed by atoms with Crippen molar-refractivity contribution in [2.45, 2.75) is 30.2 Å². The second-order valence-electron chi connectivity index (χ2n) is 4.49. The fraction of sp³-hybridized carbons (Fsp3) is 0.500. The third-order valence-electron chi connectivity index (χ3n) is 3.21. The number of hydrogen-bond donors (Lipinski definition) is 0. The summed E-state index contributed by atoms with van der Waals surface area (Å²) in [7, 11) is -2.75. The predicted octanol–water partition coefficient (Wildman–Crippen LogP) is 0.937. The monoisotopic (exact) mass is 302 g/mol. The molecule has 1 atom stereocenters. The number of hydrogen-bond acceptors (Lipinski definition) is 5. The van der Waals surface area contributed by atoms with Crippen LogP contribution < -0.4 is 0 Å². The molecule has 0 radical (unpaired) electrons. The number of aromatic nitrogens is 1. The number of piperidine rings is 1. The number of carbonyl (C=O) groups is 1. The average Bonchev–Trinajstić information content (AvgIpc) is 2.46. The Bertz CT molecular complexity index is 605. The molecule has 110 valence electrons. The van der Waals surface area contributed by atoms with Crippen molar-refractivity contribution in [1.82, 2.24) is 9.29 Å². The molecule has 20 heavy (non-hydrogen) atoms. The van der Waals surface area contributed by atoms with Gasteiger partial charge in [-0.05, 0) is 25.3 Å². The number of halogens is 1. The van der Waals surface area contributed by atoms with Gasteiger partial charge in [0.25, 0.3) is 0 Å². The highest BCUT2D eigenvalue weighted by Gasteiger charge is 2.38. The van der Waals surface area contributed by atoms with Crippen LogP contribution in [0.2, 0.25) is 0 Å². The lowest BCUT2D eigenvalue weighted by Gasteiger charge is -2.32. The summed E-state index contributed by atoms with van der Waals surface area (Å²) in [5, 5.41) is 0. The maximum Gasteiger partial charge on any atom is 0.324 e. The second kappa shape index (κ2) is 5.84. The number of pyridine rings is 1. The quantitative estimate of drug-likeness (QED) is 0.777. The van der Waals surface area contributed by atoms with Gasteiger partial charge in [-0.1, -0.05) is 0 Å². The van der Waals surface area contributed by atoms with E-state index in [0.717, 1.165) is 29.2 Å². The Hall–Kier alpha value is -1.54. The molecule has 2 heterocycles. The van der Waals surface area contributed by atoms with Crippen LogP contribution in [0.25, 0.3) is 0 Å². The largest absolute Gasteiger partial charge is 0.468 e. The molecule has 1 aliphatic rings. The SMILES string of the molecule is COC(=O)[C@H]1CCCCN1S(=O)(=O)c1cncc(F)c1. The van der Waals surface area contributed by atoms with Crippen LogP contribution in [0.3, 0.4) is 0 Å². The Balaban J connectivity index is 2.38. The molecular formula is C12H15FN2O4S. The van der Waals surface area contributed by atoms with E-state index in [1.165, 1.54) is 7.11 Å². The van der Waals surface area contributed by atoms with E-state index in [0.29, 0.717) is 12.8 Å². The third-order valence-corrected chi connectivity index (χ3v) is 5.09. The molecule has 0 bridgehead atoms. The summed E-state index contributed by atoms with van der Waals surface area (Å²) in [6.07, 6.45) is 3.78. The van der Waals surface area contributed by atoms with E-state index in [-0.39, 0.29) is 11.4 Å². The number of nitrogens with zero attached hydrogens (tertiary/aromatic N) is 2. The van der Waals surface area contributed by atoms with Crippen molar-refractivity contribution in [3.05, 3.63) is 24.3 Å². The Morgan fingerprint density at radius 2 is 2.20 bits per heavy atom. The second-order valence-corrected chi connectivity index (χ2v) is 6.38. The van der Waals surface area contributed by atoms with Gasteiger partial charge in [-0.25, -0.2) is 12.8 Å². The summed E-state index contributed by atoms with van der Waals surface area (Å²) in [5.41, 5.74) is 0. The van der Waals surface area contributed by atoms with Crippen molar-refractivity contribution < 1.29 is 22.3 Å². The van der Waals surface area contributed by atoms with Crippen molar-refractivity contribution in [2.75, 3.05) is 13.7 Å². The highest BCUT2D eigenvalue weighted by molar-refractivity contribution is 7.89. The Morgan fingerprint density at radius 3 is 2.85 bits per heavy atom. The van der Waals surface area contributed by atoms with Crippen LogP contribution in [0.5, 0.6) is 0 Å². The van der Waals surface area contributed by atoms with E-state index >= 15 is 0 Å².